The quantitative estimate of drug-likeness (QED) is 0.269. The van der Waals surface area contributed by atoms with Crippen molar-refractivity contribution < 1.29 is 30.9 Å². The maximum Gasteiger partial charge on any atom is 0.762 e. The number of hydrogen-bond donors (Lipinski definition) is 2. The Hall–Kier alpha value is -4.69. The van der Waals surface area contributed by atoms with Gasteiger partial charge in [0.1, 0.15) is 35.1 Å². The molecule has 0 spiro atoms. The molecule has 2 N–H and O–H groups in total. The number of amides is 1. The van der Waals surface area contributed by atoms with Crippen molar-refractivity contribution in [2.24, 2.45) is 0 Å². The molecule has 0 aromatic carbocycles. The number of hydrogen-bond acceptors (Lipinski definition) is 8. The second kappa shape index (κ2) is 11.2. The fraction of sp³-hybridized carbons (Fsp3) is 0.318. The van der Waals surface area contributed by atoms with Gasteiger partial charge in [0.15, 0.2) is 0 Å². The van der Waals surface area contributed by atoms with Crippen molar-refractivity contribution in [1.82, 2.24) is 40.0 Å². The number of carbonyl (C=O) groups excluding carboxylic acids is 1. The molecule has 5 rings (SSSR count). The number of nitriles is 1. The van der Waals surface area contributed by atoms with Gasteiger partial charge in [-0.25, -0.2) is 19.9 Å². The zero-order valence-corrected chi connectivity index (χ0v) is 20.6. The number of halogens is 6. The minimum absolute atomic E-state index is 0.192. The summed E-state index contributed by atoms with van der Waals surface area (Å²) in [6.45, 7) is 1.65. The molecule has 0 saturated carbocycles. The number of aromatic amines is 1. The summed E-state index contributed by atoms with van der Waals surface area (Å²) >= 11 is 0. The molecule has 1 atom stereocenters. The first kappa shape index (κ1) is 28.3. The Balaban J connectivity index is 0.000000867. The van der Waals surface area contributed by atoms with E-state index in [-0.39, 0.29) is 12.1 Å². The van der Waals surface area contributed by atoms with E-state index in [1.165, 1.54) is 12.5 Å². The number of fused-ring (bicyclic) bond motifs is 1. The number of nitrogens with one attached hydrogen (secondary N) is 2. The van der Waals surface area contributed by atoms with E-state index in [1.54, 1.807) is 17.1 Å². The van der Waals surface area contributed by atoms with Crippen LogP contribution in [0.15, 0.2) is 43.4 Å². The van der Waals surface area contributed by atoms with Gasteiger partial charge >= 0.3 is 13.7 Å². The fourth-order valence-electron chi connectivity index (χ4n) is 4.07. The molecule has 1 aliphatic heterocycles. The standard InChI is InChI=1S/C22H19F3N10O.BF3/c1-13(22(23,24)25)33-20(36)16-7-29-17(8-28-16)34-10-21(11-34,3-4-26)35-9-14(6-32-35)18-15-2-5-27-19(15)31-12-30-18;2-1(3)4/h2,5-9,12-13H,3,10-11H2,1H3,(H,33,36)(H,27,30,31);/t13-;/m0./s1. The molecule has 1 amide bonds. The molecule has 18 heteroatoms. The molecule has 40 heavy (non-hydrogen) atoms. The van der Waals surface area contributed by atoms with Crippen LogP contribution in [0.5, 0.6) is 0 Å². The van der Waals surface area contributed by atoms with Crippen LogP contribution in [0.1, 0.15) is 23.8 Å². The molecule has 4 aromatic rings. The van der Waals surface area contributed by atoms with Crippen LogP contribution in [0.3, 0.4) is 0 Å². The minimum Gasteiger partial charge on any atom is -0.350 e. The van der Waals surface area contributed by atoms with Gasteiger partial charge in [0.05, 0.1) is 36.8 Å². The average Bonchev–Trinajstić information content (AvgIpc) is 3.55. The van der Waals surface area contributed by atoms with E-state index in [4.69, 9.17) is 0 Å². The summed E-state index contributed by atoms with van der Waals surface area (Å²) in [6.07, 6.45) is 4.85. The Morgan fingerprint density at radius 3 is 2.55 bits per heavy atom. The van der Waals surface area contributed by atoms with Crippen molar-refractivity contribution in [3.05, 3.63) is 49.1 Å². The third-order valence-corrected chi connectivity index (χ3v) is 6.11. The van der Waals surface area contributed by atoms with Gasteiger partial charge in [-0.05, 0) is 13.0 Å². The Morgan fingerprint density at radius 1 is 1.20 bits per heavy atom. The first-order valence-corrected chi connectivity index (χ1v) is 11.5. The first-order chi connectivity index (χ1) is 18.9. The van der Waals surface area contributed by atoms with E-state index in [0.29, 0.717) is 24.6 Å². The third-order valence-electron chi connectivity index (χ3n) is 6.11. The Bertz CT molecular complexity index is 1510. The maximum atomic E-state index is 12.7. The molecule has 1 aliphatic rings. The Kier molecular flexibility index (Phi) is 7.93. The number of rotatable bonds is 6. The molecule has 0 bridgehead atoms. The number of carbonyl (C=O) groups is 1. The van der Waals surface area contributed by atoms with Crippen LogP contribution in [0.25, 0.3) is 22.3 Å². The highest BCUT2D eigenvalue weighted by molar-refractivity contribution is 6.33. The molecular weight excluding hydrogens is 545 g/mol. The largest absolute Gasteiger partial charge is 0.762 e. The SMILES string of the molecule is C[C@H](NC(=O)c1cnc(N2CC(CC#N)(n3cc(-c4ncnc5[nH]ccc45)cn3)C2)cn1)C(F)(F)F.FB(F)F. The highest BCUT2D eigenvalue weighted by atomic mass is 19.4. The van der Waals surface area contributed by atoms with Gasteiger partial charge < -0.3 is 15.2 Å². The molecule has 0 unspecified atom stereocenters. The van der Waals surface area contributed by atoms with Gasteiger partial charge in [0.2, 0.25) is 0 Å². The van der Waals surface area contributed by atoms with E-state index in [0.717, 1.165) is 29.8 Å². The summed E-state index contributed by atoms with van der Waals surface area (Å²) in [5.41, 5.74) is 1.36. The number of anilines is 1. The van der Waals surface area contributed by atoms with Crippen molar-refractivity contribution in [2.45, 2.75) is 31.1 Å². The van der Waals surface area contributed by atoms with Gasteiger partial charge in [-0.1, -0.05) is 0 Å². The lowest BCUT2D eigenvalue weighted by molar-refractivity contribution is -0.149. The van der Waals surface area contributed by atoms with Crippen molar-refractivity contribution in [3.8, 4) is 17.3 Å². The van der Waals surface area contributed by atoms with Gasteiger partial charge in [-0.15, -0.1) is 0 Å². The zero-order valence-electron chi connectivity index (χ0n) is 20.6. The smallest absolute Gasteiger partial charge is 0.350 e. The average molecular weight is 564 g/mol. The molecule has 4 aromatic heterocycles. The molecule has 11 nitrogen and oxygen atoms in total. The summed E-state index contributed by atoms with van der Waals surface area (Å²) < 4.78 is 68.8. The lowest BCUT2D eigenvalue weighted by Crippen LogP contribution is -2.63. The normalized spacial score (nSPS) is 14.9. The van der Waals surface area contributed by atoms with Crippen molar-refractivity contribution >= 4 is 30.3 Å². The monoisotopic (exact) mass is 564 g/mol. The van der Waals surface area contributed by atoms with Gasteiger partial charge in [-0.2, -0.15) is 23.5 Å². The fourth-order valence-corrected chi connectivity index (χ4v) is 4.07. The van der Waals surface area contributed by atoms with Crippen molar-refractivity contribution in [3.63, 3.8) is 0 Å². The first-order valence-electron chi connectivity index (χ1n) is 11.5. The molecule has 208 valence electrons. The van der Waals surface area contributed by atoms with Crippen LogP contribution in [0.4, 0.5) is 31.9 Å². The summed E-state index contributed by atoms with van der Waals surface area (Å²) in [7, 11) is -3.67. The number of nitrogens with zero attached hydrogens (tertiary/aromatic N) is 8. The second-order valence-electron chi connectivity index (χ2n) is 8.80. The van der Waals surface area contributed by atoms with Crippen LogP contribution in [-0.2, 0) is 5.54 Å². The summed E-state index contributed by atoms with van der Waals surface area (Å²) in [4.78, 5) is 33.6. The van der Waals surface area contributed by atoms with Crippen molar-refractivity contribution in [2.75, 3.05) is 18.0 Å². The summed E-state index contributed by atoms with van der Waals surface area (Å²) in [5, 5.41) is 16.7. The highest BCUT2D eigenvalue weighted by Gasteiger charge is 2.46. The molecular formula is C22H19BF6N10O. The zero-order chi connectivity index (χ0) is 29.1. The Labute approximate surface area is 222 Å². The van der Waals surface area contributed by atoms with E-state index < -0.39 is 31.2 Å². The van der Waals surface area contributed by atoms with Crippen LogP contribution < -0.4 is 10.2 Å². The van der Waals surface area contributed by atoms with Gasteiger partial charge in [0.25, 0.3) is 5.91 Å². The second-order valence-corrected chi connectivity index (χ2v) is 8.80. The van der Waals surface area contributed by atoms with Crippen LogP contribution in [-0.4, -0.2) is 73.5 Å². The van der Waals surface area contributed by atoms with E-state index in [1.807, 2.05) is 22.5 Å². The lowest BCUT2D eigenvalue weighted by Gasteiger charge is -2.49. The minimum atomic E-state index is -4.56. The highest BCUT2D eigenvalue weighted by Crippen LogP contribution is 2.36. The molecule has 1 fully saturated rings. The number of H-pyrrole nitrogens is 1. The summed E-state index contributed by atoms with van der Waals surface area (Å²) in [6, 6.07) is 2.08. The molecule has 5 heterocycles. The number of alkyl halides is 3. The predicted molar refractivity (Wildman–Crippen MR) is 130 cm³/mol. The van der Waals surface area contributed by atoms with E-state index >= 15 is 0 Å². The molecule has 0 aliphatic carbocycles. The van der Waals surface area contributed by atoms with Gasteiger partial charge in [0, 0.05) is 36.4 Å². The van der Waals surface area contributed by atoms with Crippen molar-refractivity contribution in [1.29, 1.82) is 5.26 Å². The third kappa shape index (κ3) is 5.97. The maximum absolute atomic E-state index is 12.7. The molecule has 0 radical (unpaired) electrons. The molecule has 1 saturated heterocycles. The van der Waals surface area contributed by atoms with Crippen LogP contribution in [0, 0.1) is 11.3 Å². The topological polar surface area (TPSA) is 141 Å². The predicted octanol–water partition coefficient (Wildman–Crippen LogP) is 3.30. The number of aromatic nitrogens is 7. The van der Waals surface area contributed by atoms with Gasteiger partial charge in [-0.3, -0.25) is 22.4 Å². The summed E-state index contributed by atoms with van der Waals surface area (Å²) in [5.74, 6) is -0.534. The van der Waals surface area contributed by atoms with Crippen LogP contribution >= 0.6 is 0 Å². The van der Waals surface area contributed by atoms with E-state index in [9.17, 15) is 36.2 Å². The lowest BCUT2D eigenvalue weighted by atomic mass is 9.87. The van der Waals surface area contributed by atoms with Crippen LogP contribution in [0.2, 0.25) is 0 Å². The van der Waals surface area contributed by atoms with E-state index in [2.05, 4.69) is 36.1 Å². The Morgan fingerprint density at radius 2 is 1.93 bits per heavy atom.